The smallest absolute Gasteiger partial charge is 0.290 e. The third-order valence-corrected chi connectivity index (χ3v) is 4.45. The fourth-order valence-electron chi connectivity index (χ4n) is 3.25. The lowest BCUT2D eigenvalue weighted by molar-refractivity contribution is -0.142. The van der Waals surface area contributed by atoms with E-state index in [2.05, 4.69) is 4.90 Å². The SMILES string of the molecule is COCCN1CCCN(C(=O)[C@@H]2CCCN2C(C)=O)CC1.O=CO. The van der Waals surface area contributed by atoms with Crippen molar-refractivity contribution < 1.29 is 24.2 Å². The van der Waals surface area contributed by atoms with E-state index in [1.54, 1.807) is 18.9 Å². The zero-order chi connectivity index (χ0) is 17.9. The third-order valence-electron chi connectivity index (χ3n) is 4.45. The second-order valence-electron chi connectivity index (χ2n) is 5.99. The molecule has 0 aromatic rings. The van der Waals surface area contributed by atoms with E-state index in [4.69, 9.17) is 14.6 Å². The van der Waals surface area contributed by atoms with Gasteiger partial charge < -0.3 is 19.6 Å². The average Bonchev–Trinajstić information content (AvgIpc) is 2.93. The van der Waals surface area contributed by atoms with Crippen molar-refractivity contribution in [2.45, 2.75) is 32.2 Å². The van der Waals surface area contributed by atoms with Crippen molar-refractivity contribution in [1.82, 2.24) is 14.7 Å². The van der Waals surface area contributed by atoms with Gasteiger partial charge in [-0.15, -0.1) is 0 Å². The zero-order valence-electron chi connectivity index (χ0n) is 14.6. The number of carbonyl (C=O) groups excluding carboxylic acids is 2. The van der Waals surface area contributed by atoms with Gasteiger partial charge in [0.2, 0.25) is 11.8 Å². The molecule has 0 aliphatic carbocycles. The molecule has 2 rings (SSSR count). The predicted molar refractivity (Wildman–Crippen MR) is 88.6 cm³/mol. The van der Waals surface area contributed by atoms with Crippen LogP contribution in [0.1, 0.15) is 26.2 Å². The molecule has 2 aliphatic heterocycles. The predicted octanol–water partition coefficient (Wildman–Crippen LogP) is -0.121. The van der Waals surface area contributed by atoms with Gasteiger partial charge in [-0.05, 0) is 25.8 Å². The summed E-state index contributed by atoms with van der Waals surface area (Å²) < 4.78 is 5.12. The van der Waals surface area contributed by atoms with E-state index >= 15 is 0 Å². The van der Waals surface area contributed by atoms with Gasteiger partial charge in [-0.3, -0.25) is 19.3 Å². The molecule has 138 valence electrons. The van der Waals surface area contributed by atoms with E-state index in [9.17, 15) is 9.59 Å². The van der Waals surface area contributed by atoms with E-state index in [0.717, 1.165) is 65.1 Å². The van der Waals surface area contributed by atoms with E-state index in [0.29, 0.717) is 0 Å². The molecular weight excluding hydrogens is 314 g/mol. The molecule has 0 bridgehead atoms. The number of amides is 2. The van der Waals surface area contributed by atoms with Gasteiger partial charge in [-0.2, -0.15) is 0 Å². The normalized spacial score (nSPS) is 21.7. The summed E-state index contributed by atoms with van der Waals surface area (Å²) in [5, 5.41) is 6.89. The molecule has 0 saturated carbocycles. The van der Waals surface area contributed by atoms with Gasteiger partial charge in [0.25, 0.3) is 6.47 Å². The summed E-state index contributed by atoms with van der Waals surface area (Å²) in [4.78, 5) is 38.7. The summed E-state index contributed by atoms with van der Waals surface area (Å²) in [6.45, 7) is 7.13. The Morgan fingerprint density at radius 2 is 1.88 bits per heavy atom. The number of likely N-dealkylation sites (tertiary alicyclic amines) is 1. The van der Waals surface area contributed by atoms with E-state index in [1.165, 1.54) is 0 Å². The second-order valence-corrected chi connectivity index (χ2v) is 5.99. The van der Waals surface area contributed by atoms with Crippen LogP contribution < -0.4 is 0 Å². The van der Waals surface area contributed by atoms with Crippen LogP contribution in [0.3, 0.4) is 0 Å². The van der Waals surface area contributed by atoms with Crippen LogP contribution >= 0.6 is 0 Å². The first-order valence-electron chi connectivity index (χ1n) is 8.40. The van der Waals surface area contributed by atoms with Crippen molar-refractivity contribution in [1.29, 1.82) is 0 Å². The maximum absolute atomic E-state index is 12.7. The minimum absolute atomic E-state index is 0.0161. The Morgan fingerprint density at radius 1 is 1.17 bits per heavy atom. The molecule has 2 saturated heterocycles. The Labute approximate surface area is 143 Å². The van der Waals surface area contributed by atoms with Gasteiger partial charge in [0.15, 0.2) is 0 Å². The van der Waals surface area contributed by atoms with Crippen molar-refractivity contribution in [2.75, 3.05) is 53.0 Å². The van der Waals surface area contributed by atoms with Gasteiger partial charge in [0.1, 0.15) is 6.04 Å². The van der Waals surface area contributed by atoms with Crippen LogP contribution in [0.15, 0.2) is 0 Å². The van der Waals surface area contributed by atoms with Crippen LogP contribution in [0.25, 0.3) is 0 Å². The van der Waals surface area contributed by atoms with E-state index < -0.39 is 0 Å². The zero-order valence-corrected chi connectivity index (χ0v) is 14.6. The summed E-state index contributed by atoms with van der Waals surface area (Å²) in [6, 6.07) is -0.229. The maximum atomic E-state index is 12.7. The molecule has 1 N–H and O–H groups in total. The highest BCUT2D eigenvalue weighted by molar-refractivity contribution is 5.87. The summed E-state index contributed by atoms with van der Waals surface area (Å²) in [7, 11) is 1.71. The Hall–Kier alpha value is -1.67. The van der Waals surface area contributed by atoms with Crippen LogP contribution in [0.4, 0.5) is 0 Å². The number of rotatable bonds is 4. The minimum Gasteiger partial charge on any atom is -0.483 e. The molecular formula is C16H29N3O5. The monoisotopic (exact) mass is 343 g/mol. The molecule has 0 spiro atoms. The fourth-order valence-corrected chi connectivity index (χ4v) is 3.25. The topological polar surface area (TPSA) is 90.4 Å². The molecule has 8 nitrogen and oxygen atoms in total. The van der Waals surface area contributed by atoms with Gasteiger partial charge in [-0.1, -0.05) is 0 Å². The van der Waals surface area contributed by atoms with Gasteiger partial charge >= 0.3 is 0 Å². The van der Waals surface area contributed by atoms with Crippen LogP contribution in [0, 0.1) is 0 Å². The number of carbonyl (C=O) groups is 3. The number of ether oxygens (including phenoxy) is 1. The minimum atomic E-state index is -0.250. The molecule has 0 aromatic carbocycles. The van der Waals surface area contributed by atoms with Crippen molar-refractivity contribution in [2.24, 2.45) is 0 Å². The molecule has 2 fully saturated rings. The van der Waals surface area contributed by atoms with E-state index in [-0.39, 0.29) is 24.3 Å². The van der Waals surface area contributed by atoms with Crippen LogP contribution in [-0.2, 0) is 19.1 Å². The highest BCUT2D eigenvalue weighted by Gasteiger charge is 2.35. The Balaban J connectivity index is 0.000000891. The summed E-state index contributed by atoms with van der Waals surface area (Å²) in [5.41, 5.74) is 0. The summed E-state index contributed by atoms with van der Waals surface area (Å²) >= 11 is 0. The summed E-state index contributed by atoms with van der Waals surface area (Å²) in [5.74, 6) is 0.152. The molecule has 0 aromatic heterocycles. The molecule has 8 heteroatoms. The molecule has 24 heavy (non-hydrogen) atoms. The van der Waals surface area contributed by atoms with E-state index in [1.807, 2.05) is 4.90 Å². The van der Waals surface area contributed by atoms with Crippen molar-refractivity contribution in [3.63, 3.8) is 0 Å². The number of hydrogen-bond donors (Lipinski definition) is 1. The molecule has 2 amide bonds. The number of nitrogens with zero attached hydrogens (tertiary/aromatic N) is 3. The third kappa shape index (κ3) is 6.09. The first kappa shape index (κ1) is 20.4. The largest absolute Gasteiger partial charge is 0.483 e. The lowest BCUT2D eigenvalue weighted by Crippen LogP contribution is -2.48. The fraction of sp³-hybridized carbons (Fsp3) is 0.812. The summed E-state index contributed by atoms with van der Waals surface area (Å²) in [6.07, 6.45) is 2.73. The van der Waals surface area contributed by atoms with Gasteiger partial charge in [0.05, 0.1) is 6.61 Å². The van der Waals surface area contributed by atoms with Gasteiger partial charge in [-0.25, -0.2) is 0 Å². The lowest BCUT2D eigenvalue weighted by Gasteiger charge is -2.29. The highest BCUT2D eigenvalue weighted by Crippen LogP contribution is 2.20. The highest BCUT2D eigenvalue weighted by atomic mass is 16.5. The Kier molecular flexibility index (Phi) is 9.33. The Morgan fingerprint density at radius 3 is 2.50 bits per heavy atom. The number of hydrogen-bond acceptors (Lipinski definition) is 5. The first-order chi connectivity index (χ1) is 11.5. The van der Waals surface area contributed by atoms with Crippen molar-refractivity contribution >= 4 is 18.3 Å². The molecule has 2 aliphatic rings. The molecule has 0 radical (unpaired) electrons. The van der Waals surface area contributed by atoms with Gasteiger partial charge in [0, 0.05) is 46.8 Å². The molecule has 2 heterocycles. The second kappa shape index (κ2) is 11.0. The van der Waals surface area contributed by atoms with Crippen molar-refractivity contribution in [3.05, 3.63) is 0 Å². The number of methoxy groups -OCH3 is 1. The first-order valence-corrected chi connectivity index (χ1v) is 8.40. The van der Waals surface area contributed by atoms with Crippen LogP contribution in [-0.4, -0.2) is 97.1 Å². The van der Waals surface area contributed by atoms with Crippen LogP contribution in [0.5, 0.6) is 0 Å². The Bertz CT molecular complexity index is 419. The quantitative estimate of drug-likeness (QED) is 0.716. The van der Waals surface area contributed by atoms with Crippen LogP contribution in [0.2, 0.25) is 0 Å². The number of carboxylic acid groups (broad SMARTS) is 1. The van der Waals surface area contributed by atoms with Crippen molar-refractivity contribution in [3.8, 4) is 0 Å². The standard InChI is InChI=1S/C15H27N3O3.CH2O2/c1-13(19)18-8-3-5-14(18)15(20)17-7-4-6-16(9-10-17)11-12-21-2;2-1-3/h14H,3-12H2,1-2H3;1H,(H,2,3)/t14-;/m0./s1. The lowest BCUT2D eigenvalue weighted by atomic mass is 10.2. The molecule has 0 unspecified atom stereocenters. The maximum Gasteiger partial charge on any atom is 0.290 e. The average molecular weight is 343 g/mol. The molecule has 1 atom stereocenters.